The van der Waals surface area contributed by atoms with Crippen molar-refractivity contribution in [3.05, 3.63) is 58.1 Å². The molecule has 0 fully saturated rings. The van der Waals surface area contributed by atoms with Crippen LogP contribution in [0.15, 0.2) is 30.3 Å². The second kappa shape index (κ2) is 7.17. The molecule has 2 aromatic rings. The lowest BCUT2D eigenvalue weighted by Crippen LogP contribution is -2.32. The number of carbonyl (C=O) groups excluding carboxylic acids is 1. The Bertz CT molecular complexity index is 891. The van der Waals surface area contributed by atoms with Crippen LogP contribution in [0, 0.1) is 11.6 Å². The van der Waals surface area contributed by atoms with Gasteiger partial charge in [-0.2, -0.15) is 0 Å². The SMILES string of the molecule is O=C(O)NC1CCOc2c(C(=O)Nc3ccc(F)c(Cl)c3)ccc(F)c21. The first kappa shape index (κ1) is 17.9. The van der Waals surface area contributed by atoms with Gasteiger partial charge in [-0.1, -0.05) is 11.6 Å². The van der Waals surface area contributed by atoms with E-state index in [2.05, 4.69) is 10.6 Å². The van der Waals surface area contributed by atoms with Crippen LogP contribution in [0.1, 0.15) is 28.4 Å². The lowest BCUT2D eigenvalue weighted by atomic mass is 9.96. The third-order valence-electron chi connectivity index (χ3n) is 3.86. The predicted octanol–water partition coefficient (Wildman–Crippen LogP) is 3.96. The van der Waals surface area contributed by atoms with Crippen molar-refractivity contribution < 1.29 is 28.2 Å². The molecule has 0 saturated heterocycles. The zero-order valence-corrected chi connectivity index (χ0v) is 13.9. The van der Waals surface area contributed by atoms with Gasteiger partial charge in [-0.15, -0.1) is 0 Å². The van der Waals surface area contributed by atoms with Gasteiger partial charge in [0.2, 0.25) is 0 Å². The molecule has 9 heteroatoms. The van der Waals surface area contributed by atoms with E-state index in [-0.39, 0.29) is 40.6 Å². The summed E-state index contributed by atoms with van der Waals surface area (Å²) in [4.78, 5) is 23.4. The number of benzene rings is 2. The molecule has 0 radical (unpaired) electrons. The normalized spacial score (nSPS) is 15.6. The molecule has 2 aromatic carbocycles. The van der Waals surface area contributed by atoms with Gasteiger partial charge >= 0.3 is 6.09 Å². The second-order valence-electron chi connectivity index (χ2n) is 5.56. The Labute approximate surface area is 151 Å². The molecule has 1 unspecified atom stereocenters. The summed E-state index contributed by atoms with van der Waals surface area (Å²) >= 11 is 5.68. The third kappa shape index (κ3) is 3.55. The van der Waals surface area contributed by atoms with Crippen molar-refractivity contribution in [3.63, 3.8) is 0 Å². The molecular weight excluding hydrogens is 370 g/mol. The number of ether oxygens (including phenoxy) is 1. The fourth-order valence-corrected chi connectivity index (χ4v) is 2.90. The van der Waals surface area contributed by atoms with Crippen LogP contribution in [-0.2, 0) is 0 Å². The van der Waals surface area contributed by atoms with Crippen molar-refractivity contribution in [1.82, 2.24) is 5.32 Å². The summed E-state index contributed by atoms with van der Waals surface area (Å²) in [5.74, 6) is -1.96. The Kier molecular flexibility index (Phi) is 4.94. The lowest BCUT2D eigenvalue weighted by Gasteiger charge is -2.27. The van der Waals surface area contributed by atoms with Crippen LogP contribution in [0.25, 0.3) is 0 Å². The van der Waals surface area contributed by atoms with E-state index in [0.29, 0.717) is 0 Å². The highest BCUT2D eigenvalue weighted by Gasteiger charge is 2.30. The van der Waals surface area contributed by atoms with Crippen LogP contribution in [-0.4, -0.2) is 23.7 Å². The van der Waals surface area contributed by atoms with Crippen molar-refractivity contribution >= 4 is 29.3 Å². The van der Waals surface area contributed by atoms with Crippen LogP contribution in [0.5, 0.6) is 5.75 Å². The van der Waals surface area contributed by atoms with Gasteiger partial charge in [0.05, 0.1) is 28.8 Å². The topological polar surface area (TPSA) is 87.7 Å². The van der Waals surface area contributed by atoms with Gasteiger partial charge < -0.3 is 20.5 Å². The maximum Gasteiger partial charge on any atom is 0.405 e. The van der Waals surface area contributed by atoms with Gasteiger partial charge in [0, 0.05) is 12.1 Å². The van der Waals surface area contributed by atoms with E-state index in [1.165, 1.54) is 18.2 Å². The maximum atomic E-state index is 14.2. The molecule has 0 aliphatic carbocycles. The van der Waals surface area contributed by atoms with Gasteiger partial charge in [0.1, 0.15) is 17.4 Å². The molecule has 1 heterocycles. The number of rotatable bonds is 3. The fraction of sp³-hybridized carbons (Fsp3) is 0.176. The number of anilines is 1. The first-order valence-corrected chi connectivity index (χ1v) is 7.95. The first-order chi connectivity index (χ1) is 12.4. The predicted molar refractivity (Wildman–Crippen MR) is 89.8 cm³/mol. The smallest absolute Gasteiger partial charge is 0.405 e. The molecule has 1 atom stereocenters. The number of carbonyl (C=O) groups is 2. The number of hydrogen-bond donors (Lipinski definition) is 3. The van der Waals surface area contributed by atoms with Gasteiger partial charge in [0.15, 0.2) is 0 Å². The van der Waals surface area contributed by atoms with Crippen molar-refractivity contribution in [2.75, 3.05) is 11.9 Å². The van der Waals surface area contributed by atoms with Gasteiger partial charge in [-0.05, 0) is 30.3 Å². The number of amides is 2. The van der Waals surface area contributed by atoms with E-state index in [0.717, 1.165) is 12.1 Å². The Morgan fingerprint density at radius 3 is 2.62 bits per heavy atom. The number of fused-ring (bicyclic) bond motifs is 1. The van der Waals surface area contributed by atoms with Gasteiger partial charge in [-0.3, -0.25) is 4.79 Å². The number of carboxylic acid groups (broad SMARTS) is 1. The van der Waals surface area contributed by atoms with Crippen molar-refractivity contribution in [2.24, 2.45) is 0 Å². The van der Waals surface area contributed by atoms with E-state index in [4.69, 9.17) is 21.4 Å². The van der Waals surface area contributed by atoms with Crippen LogP contribution < -0.4 is 15.4 Å². The largest absolute Gasteiger partial charge is 0.492 e. The van der Waals surface area contributed by atoms with E-state index in [1.54, 1.807) is 0 Å². The Hall–Kier alpha value is -2.87. The van der Waals surface area contributed by atoms with Gasteiger partial charge in [-0.25, -0.2) is 13.6 Å². The third-order valence-corrected chi connectivity index (χ3v) is 4.15. The maximum absolute atomic E-state index is 14.2. The zero-order valence-electron chi connectivity index (χ0n) is 13.2. The van der Waals surface area contributed by atoms with Crippen LogP contribution in [0.3, 0.4) is 0 Å². The summed E-state index contributed by atoms with van der Waals surface area (Å²) in [5.41, 5.74) is 0.248. The Morgan fingerprint density at radius 2 is 1.92 bits per heavy atom. The van der Waals surface area contributed by atoms with Crippen molar-refractivity contribution in [2.45, 2.75) is 12.5 Å². The summed E-state index contributed by atoms with van der Waals surface area (Å²) in [7, 11) is 0. The molecule has 1 aliphatic heterocycles. The zero-order chi connectivity index (χ0) is 18.8. The molecule has 26 heavy (non-hydrogen) atoms. The molecule has 6 nitrogen and oxygen atoms in total. The molecule has 0 aromatic heterocycles. The molecule has 2 amide bonds. The monoisotopic (exact) mass is 382 g/mol. The van der Waals surface area contributed by atoms with Gasteiger partial charge in [0.25, 0.3) is 5.91 Å². The Morgan fingerprint density at radius 1 is 1.19 bits per heavy atom. The molecule has 0 saturated carbocycles. The number of halogens is 3. The standard InChI is InChI=1S/C17H13ClF2N2O4/c18-10-7-8(1-3-11(10)19)21-16(23)9-2-4-12(20)14-13(22-17(24)25)5-6-26-15(9)14/h1-4,7,13,22H,5-6H2,(H,21,23)(H,24,25). The molecular formula is C17H13ClF2N2O4. The van der Waals surface area contributed by atoms with E-state index in [9.17, 15) is 18.4 Å². The summed E-state index contributed by atoms with van der Waals surface area (Å²) < 4.78 is 32.9. The van der Waals surface area contributed by atoms with Crippen LogP contribution in [0.4, 0.5) is 19.3 Å². The molecule has 3 rings (SSSR count). The average molecular weight is 383 g/mol. The summed E-state index contributed by atoms with van der Waals surface area (Å²) in [6, 6.07) is 5.13. The highest BCUT2D eigenvalue weighted by Crippen LogP contribution is 2.37. The van der Waals surface area contributed by atoms with Crippen LogP contribution >= 0.6 is 11.6 Å². The van der Waals surface area contributed by atoms with E-state index >= 15 is 0 Å². The average Bonchev–Trinajstić information content (AvgIpc) is 2.58. The second-order valence-corrected chi connectivity index (χ2v) is 5.97. The minimum atomic E-state index is -1.31. The number of hydrogen-bond acceptors (Lipinski definition) is 3. The first-order valence-electron chi connectivity index (χ1n) is 7.58. The quantitative estimate of drug-likeness (QED) is 0.749. The van der Waals surface area contributed by atoms with Crippen molar-refractivity contribution in [1.29, 1.82) is 0 Å². The molecule has 0 bridgehead atoms. The van der Waals surface area contributed by atoms with Crippen molar-refractivity contribution in [3.8, 4) is 5.75 Å². The Balaban J connectivity index is 1.94. The molecule has 136 valence electrons. The minimum Gasteiger partial charge on any atom is -0.492 e. The van der Waals surface area contributed by atoms with E-state index < -0.39 is 29.7 Å². The summed E-state index contributed by atoms with van der Waals surface area (Å²) in [5, 5.41) is 13.5. The summed E-state index contributed by atoms with van der Waals surface area (Å²) in [6.45, 7) is 0.115. The fourth-order valence-electron chi connectivity index (χ4n) is 2.72. The molecule has 3 N–H and O–H groups in total. The lowest BCUT2D eigenvalue weighted by molar-refractivity contribution is 0.102. The highest BCUT2D eigenvalue weighted by molar-refractivity contribution is 6.31. The van der Waals surface area contributed by atoms with Crippen LogP contribution in [0.2, 0.25) is 5.02 Å². The highest BCUT2D eigenvalue weighted by atomic mass is 35.5. The molecule has 1 aliphatic rings. The molecule has 0 spiro atoms. The minimum absolute atomic E-state index is 0.0246. The number of nitrogens with one attached hydrogen (secondary N) is 2. The summed E-state index contributed by atoms with van der Waals surface area (Å²) in [6.07, 6.45) is -1.08. The van der Waals surface area contributed by atoms with E-state index in [1.807, 2.05) is 0 Å².